The normalized spacial score (nSPS) is 12.5. The molecule has 0 spiro atoms. The Kier molecular flexibility index (Phi) is 5.65. The number of nitrogens with zero attached hydrogens (tertiary/aromatic N) is 3. The molecule has 0 fully saturated rings. The first-order valence-electron chi connectivity index (χ1n) is 10.1. The van der Waals surface area contributed by atoms with Gasteiger partial charge in [0.15, 0.2) is 6.67 Å². The quantitative estimate of drug-likeness (QED) is 0.474. The van der Waals surface area contributed by atoms with Crippen LogP contribution in [0.25, 0.3) is 11.0 Å². The van der Waals surface area contributed by atoms with Crippen molar-refractivity contribution in [2.75, 3.05) is 7.05 Å². The molecule has 29 heavy (non-hydrogen) atoms. The zero-order chi connectivity index (χ0) is 20.4. The molecule has 0 radical (unpaired) electrons. The Morgan fingerprint density at radius 2 is 1.79 bits per heavy atom. The lowest BCUT2D eigenvalue weighted by atomic mass is 10.1. The molecule has 0 amide bonds. The van der Waals surface area contributed by atoms with Gasteiger partial charge in [0.25, 0.3) is 0 Å². The van der Waals surface area contributed by atoms with Gasteiger partial charge in [-0.25, -0.2) is 0 Å². The molecule has 2 heterocycles. The number of furan rings is 1. The fourth-order valence-corrected chi connectivity index (χ4v) is 4.14. The van der Waals surface area contributed by atoms with Gasteiger partial charge in [0.05, 0.1) is 19.2 Å². The highest BCUT2D eigenvalue weighted by Gasteiger charge is 2.18. The van der Waals surface area contributed by atoms with Gasteiger partial charge in [0, 0.05) is 11.8 Å². The topological polar surface area (TPSA) is 40.3 Å². The fourth-order valence-electron chi connectivity index (χ4n) is 3.84. The highest BCUT2D eigenvalue weighted by Crippen LogP contribution is 2.25. The van der Waals surface area contributed by atoms with Crippen molar-refractivity contribution in [3.8, 4) is 0 Å². The smallest absolute Gasteiger partial charge is 0.203 e. The molecule has 0 saturated heterocycles. The van der Waals surface area contributed by atoms with E-state index in [-0.39, 0.29) is 0 Å². The van der Waals surface area contributed by atoms with Gasteiger partial charge >= 0.3 is 0 Å². The molecule has 0 aliphatic heterocycles. The second kappa shape index (κ2) is 8.35. The molecular weight excluding hydrogens is 380 g/mol. The molecule has 2 aromatic heterocycles. The number of benzene rings is 2. The van der Waals surface area contributed by atoms with Crippen LogP contribution in [0.2, 0.25) is 0 Å². The Morgan fingerprint density at radius 3 is 2.55 bits per heavy atom. The number of rotatable bonds is 7. The summed E-state index contributed by atoms with van der Waals surface area (Å²) < 4.78 is 10.9. The van der Waals surface area contributed by atoms with Gasteiger partial charge in [-0.15, -0.1) is 0 Å². The maximum absolute atomic E-state index is 6.05. The predicted molar refractivity (Wildman–Crippen MR) is 118 cm³/mol. The number of nitrogens with one attached hydrogen (secondary N) is 1. The van der Waals surface area contributed by atoms with E-state index in [4.69, 9.17) is 21.7 Å². The molecule has 2 aromatic carbocycles. The molecule has 4 aromatic rings. The summed E-state index contributed by atoms with van der Waals surface area (Å²) in [6.45, 7) is 6.48. The highest BCUT2D eigenvalue weighted by atomic mass is 32.1. The van der Waals surface area contributed by atoms with Crippen molar-refractivity contribution in [1.82, 2.24) is 14.3 Å². The molecule has 1 unspecified atom stereocenters. The SMILES string of the molecule is CCc1oc2ccccc2c1C[NH+](C)Cn1nc(C)n(Cc2ccccc2)c1=S. The van der Waals surface area contributed by atoms with Crippen LogP contribution in [0.15, 0.2) is 59.0 Å². The van der Waals surface area contributed by atoms with Crippen LogP contribution >= 0.6 is 12.2 Å². The Labute approximate surface area is 176 Å². The second-order valence-electron chi connectivity index (χ2n) is 7.55. The molecule has 150 valence electrons. The van der Waals surface area contributed by atoms with Crippen molar-refractivity contribution in [2.24, 2.45) is 0 Å². The number of hydrogen-bond acceptors (Lipinski definition) is 3. The van der Waals surface area contributed by atoms with Crippen molar-refractivity contribution >= 4 is 23.2 Å². The monoisotopic (exact) mass is 407 g/mol. The number of aryl methyl sites for hydroxylation is 2. The van der Waals surface area contributed by atoms with E-state index < -0.39 is 0 Å². The molecule has 0 bridgehead atoms. The Balaban J connectivity index is 1.55. The van der Waals surface area contributed by atoms with E-state index in [1.165, 1.54) is 21.4 Å². The fraction of sp³-hybridized carbons (Fsp3) is 0.304. The van der Waals surface area contributed by atoms with E-state index in [1.54, 1.807) is 0 Å². The van der Waals surface area contributed by atoms with Crippen LogP contribution in [-0.4, -0.2) is 21.4 Å². The summed E-state index contributed by atoms with van der Waals surface area (Å²) in [4.78, 5) is 1.31. The molecule has 1 N–H and O–H groups in total. The van der Waals surface area contributed by atoms with E-state index in [2.05, 4.69) is 54.9 Å². The van der Waals surface area contributed by atoms with Crippen molar-refractivity contribution in [2.45, 2.75) is 40.0 Å². The largest absolute Gasteiger partial charge is 0.461 e. The maximum Gasteiger partial charge on any atom is 0.203 e. The molecule has 0 saturated carbocycles. The first kappa shape index (κ1) is 19.6. The van der Waals surface area contributed by atoms with Crippen LogP contribution in [0.1, 0.15) is 29.6 Å². The summed E-state index contributed by atoms with van der Waals surface area (Å²) in [5.74, 6) is 2.01. The minimum Gasteiger partial charge on any atom is -0.461 e. The summed E-state index contributed by atoms with van der Waals surface area (Å²) in [6, 6.07) is 18.6. The summed E-state index contributed by atoms with van der Waals surface area (Å²) in [5.41, 5.74) is 3.48. The van der Waals surface area contributed by atoms with Gasteiger partial charge in [-0.3, -0.25) is 4.57 Å². The average Bonchev–Trinajstić information content (AvgIpc) is 3.21. The van der Waals surface area contributed by atoms with E-state index in [0.29, 0.717) is 6.67 Å². The molecular formula is C23H27N4OS+. The third-order valence-corrected chi connectivity index (χ3v) is 5.72. The van der Waals surface area contributed by atoms with Crippen LogP contribution < -0.4 is 4.90 Å². The van der Waals surface area contributed by atoms with Gasteiger partial charge in [-0.05, 0) is 30.8 Å². The van der Waals surface area contributed by atoms with E-state index in [9.17, 15) is 0 Å². The van der Waals surface area contributed by atoms with Crippen molar-refractivity contribution in [3.63, 3.8) is 0 Å². The van der Waals surface area contributed by atoms with Crippen LogP contribution in [0.4, 0.5) is 0 Å². The first-order valence-corrected chi connectivity index (χ1v) is 10.5. The summed E-state index contributed by atoms with van der Waals surface area (Å²) in [5, 5.41) is 5.92. The Morgan fingerprint density at radius 1 is 1.07 bits per heavy atom. The predicted octanol–water partition coefficient (Wildman–Crippen LogP) is 3.75. The molecule has 4 rings (SSSR count). The van der Waals surface area contributed by atoms with Gasteiger partial charge in [-0.1, -0.05) is 55.5 Å². The Bertz CT molecular complexity index is 1170. The van der Waals surface area contributed by atoms with Gasteiger partial charge in [0.2, 0.25) is 4.77 Å². The minimum absolute atomic E-state index is 0.712. The lowest BCUT2D eigenvalue weighted by Gasteiger charge is -2.14. The molecule has 5 nitrogen and oxygen atoms in total. The highest BCUT2D eigenvalue weighted by molar-refractivity contribution is 7.71. The van der Waals surface area contributed by atoms with Gasteiger partial charge in [-0.2, -0.15) is 9.78 Å². The van der Waals surface area contributed by atoms with Crippen LogP contribution in [0, 0.1) is 11.7 Å². The lowest BCUT2D eigenvalue weighted by Crippen LogP contribution is -3.07. The van der Waals surface area contributed by atoms with Gasteiger partial charge < -0.3 is 9.32 Å². The third kappa shape index (κ3) is 4.04. The zero-order valence-electron chi connectivity index (χ0n) is 17.2. The van der Waals surface area contributed by atoms with E-state index >= 15 is 0 Å². The summed E-state index contributed by atoms with van der Waals surface area (Å²) in [6.07, 6.45) is 0.890. The van der Waals surface area contributed by atoms with E-state index in [1.807, 2.05) is 29.8 Å². The van der Waals surface area contributed by atoms with E-state index in [0.717, 1.165) is 41.4 Å². The summed E-state index contributed by atoms with van der Waals surface area (Å²) >= 11 is 5.74. The van der Waals surface area contributed by atoms with Crippen LogP contribution in [0.5, 0.6) is 0 Å². The van der Waals surface area contributed by atoms with Crippen molar-refractivity contribution in [1.29, 1.82) is 0 Å². The number of fused-ring (bicyclic) bond motifs is 1. The molecule has 0 aliphatic rings. The number of quaternary nitrogens is 1. The number of para-hydroxylation sites is 1. The Hall–Kier alpha value is -2.70. The number of hydrogen-bond donors (Lipinski definition) is 1. The third-order valence-electron chi connectivity index (χ3n) is 5.29. The first-order chi connectivity index (χ1) is 14.1. The van der Waals surface area contributed by atoms with Gasteiger partial charge in [0.1, 0.15) is 23.7 Å². The average molecular weight is 408 g/mol. The van der Waals surface area contributed by atoms with Crippen molar-refractivity contribution < 1.29 is 9.32 Å². The lowest BCUT2D eigenvalue weighted by molar-refractivity contribution is -0.917. The second-order valence-corrected chi connectivity index (χ2v) is 7.91. The zero-order valence-corrected chi connectivity index (χ0v) is 18.0. The molecule has 0 aliphatic carbocycles. The minimum atomic E-state index is 0.712. The molecule has 1 atom stereocenters. The summed E-state index contributed by atoms with van der Waals surface area (Å²) in [7, 11) is 2.18. The van der Waals surface area contributed by atoms with Crippen molar-refractivity contribution in [3.05, 3.63) is 82.1 Å². The number of aromatic nitrogens is 3. The standard InChI is InChI=1S/C23H26N4OS/c1-4-21-20(19-12-8-9-13-22(19)28-21)15-25(3)16-27-23(29)26(17(2)24-27)14-18-10-6-5-7-11-18/h5-13H,4,14-16H2,1-3H3/p+1. The maximum atomic E-state index is 6.05. The van der Waals surface area contributed by atoms with Crippen LogP contribution in [0.3, 0.4) is 0 Å². The molecule has 6 heteroatoms. The van der Waals surface area contributed by atoms with Crippen LogP contribution in [-0.2, 0) is 26.2 Å².